The fraction of sp³-hybridized carbons (Fsp3) is 0.370. The molecule has 3 unspecified atom stereocenters. The Balaban J connectivity index is 2.03. The summed E-state index contributed by atoms with van der Waals surface area (Å²) in [6.07, 6.45) is -4.31. The number of alkyl halides is 3. The molecule has 6 nitrogen and oxygen atoms in total. The third-order valence-electron chi connectivity index (χ3n) is 6.10. The van der Waals surface area contributed by atoms with Gasteiger partial charge in [-0.25, -0.2) is 4.79 Å². The molecule has 2 aromatic carbocycles. The van der Waals surface area contributed by atoms with Gasteiger partial charge in [-0.1, -0.05) is 37.3 Å². The quantitative estimate of drug-likeness (QED) is 0.436. The number of carbonyl (C=O) groups excluding carboxylic acids is 1. The molecule has 9 heteroatoms. The molecule has 0 saturated heterocycles. The Kier molecular flexibility index (Phi) is 8.22. The fourth-order valence-electron chi connectivity index (χ4n) is 4.16. The second-order valence-electron chi connectivity index (χ2n) is 8.69. The van der Waals surface area contributed by atoms with E-state index in [-0.39, 0.29) is 24.0 Å². The molecule has 36 heavy (non-hydrogen) atoms. The van der Waals surface area contributed by atoms with Gasteiger partial charge in [0.2, 0.25) is 0 Å². The molecule has 3 rings (SSSR count). The lowest BCUT2D eigenvalue weighted by atomic mass is 9.75. The standard InChI is InChI=1S/C27H28F3NO5/c1-5-15(2)36-26(34)23-17(4)31-16(3)22(25(32)33)24(23)20-11-6-7-12-21(20)35-14-18-9-8-10-19(13-18)27(28,29)30/h6-13,15,22,24H,5,14H2,1-4H3,(H,32,33). The van der Waals surface area contributed by atoms with E-state index in [1.807, 2.05) is 6.92 Å². The van der Waals surface area contributed by atoms with Gasteiger partial charge in [-0.2, -0.15) is 13.2 Å². The smallest absolute Gasteiger partial charge is 0.416 e. The summed E-state index contributed by atoms with van der Waals surface area (Å²) < 4.78 is 50.8. The second-order valence-corrected chi connectivity index (χ2v) is 8.69. The fourth-order valence-corrected chi connectivity index (χ4v) is 4.16. The maximum atomic E-state index is 13.2. The van der Waals surface area contributed by atoms with Crippen LogP contribution in [0.2, 0.25) is 0 Å². The molecule has 1 aliphatic heterocycles. The zero-order valence-electron chi connectivity index (χ0n) is 20.4. The highest BCUT2D eigenvalue weighted by Crippen LogP contribution is 2.43. The lowest BCUT2D eigenvalue weighted by molar-refractivity contribution is -0.144. The van der Waals surface area contributed by atoms with Crippen LogP contribution in [0.15, 0.2) is 64.8 Å². The predicted octanol–water partition coefficient (Wildman–Crippen LogP) is 6.16. The van der Waals surface area contributed by atoms with Crippen LogP contribution in [0, 0.1) is 5.92 Å². The number of carbonyl (C=O) groups is 2. The minimum atomic E-state index is -4.49. The topological polar surface area (TPSA) is 85.2 Å². The summed E-state index contributed by atoms with van der Waals surface area (Å²) in [6, 6.07) is 11.4. The molecule has 1 N–H and O–H groups in total. The van der Waals surface area contributed by atoms with Gasteiger partial charge in [-0.15, -0.1) is 0 Å². The minimum absolute atomic E-state index is 0.114. The van der Waals surface area contributed by atoms with Crippen LogP contribution in [-0.4, -0.2) is 28.9 Å². The van der Waals surface area contributed by atoms with E-state index >= 15 is 0 Å². The molecule has 0 fully saturated rings. The molecule has 3 atom stereocenters. The summed E-state index contributed by atoms with van der Waals surface area (Å²) in [6.45, 7) is 6.61. The molecular weight excluding hydrogens is 475 g/mol. The maximum Gasteiger partial charge on any atom is 0.416 e. The van der Waals surface area contributed by atoms with E-state index in [9.17, 15) is 27.9 Å². The van der Waals surface area contributed by atoms with Gasteiger partial charge in [0.15, 0.2) is 0 Å². The number of ether oxygens (including phenoxy) is 2. The van der Waals surface area contributed by atoms with Crippen LogP contribution in [0.25, 0.3) is 0 Å². The Morgan fingerprint density at radius 2 is 1.81 bits per heavy atom. The number of hydrogen-bond donors (Lipinski definition) is 1. The highest BCUT2D eigenvalue weighted by atomic mass is 19.4. The predicted molar refractivity (Wildman–Crippen MR) is 128 cm³/mol. The first-order valence-electron chi connectivity index (χ1n) is 11.5. The van der Waals surface area contributed by atoms with Crippen LogP contribution in [0.5, 0.6) is 5.75 Å². The van der Waals surface area contributed by atoms with Gasteiger partial charge in [0, 0.05) is 22.9 Å². The molecule has 0 aromatic heterocycles. The van der Waals surface area contributed by atoms with Crippen LogP contribution < -0.4 is 4.74 Å². The van der Waals surface area contributed by atoms with Crippen molar-refractivity contribution in [3.05, 3.63) is 76.5 Å². The maximum absolute atomic E-state index is 13.2. The van der Waals surface area contributed by atoms with Gasteiger partial charge < -0.3 is 14.6 Å². The van der Waals surface area contributed by atoms with Crippen molar-refractivity contribution in [1.29, 1.82) is 0 Å². The minimum Gasteiger partial charge on any atom is -0.489 e. The molecule has 0 saturated carbocycles. The van der Waals surface area contributed by atoms with Gasteiger partial charge in [0.05, 0.1) is 17.2 Å². The summed E-state index contributed by atoms with van der Waals surface area (Å²) in [5.41, 5.74) is 0.674. The van der Waals surface area contributed by atoms with Crippen molar-refractivity contribution in [2.24, 2.45) is 10.9 Å². The number of carboxylic acid groups (broad SMARTS) is 1. The average molecular weight is 504 g/mol. The molecular formula is C27H28F3NO5. The largest absolute Gasteiger partial charge is 0.489 e. The molecule has 2 aromatic rings. The molecule has 0 radical (unpaired) electrons. The molecule has 0 bridgehead atoms. The van der Waals surface area contributed by atoms with Gasteiger partial charge in [-0.05, 0) is 51.0 Å². The third-order valence-corrected chi connectivity index (χ3v) is 6.10. The first kappa shape index (κ1) is 27.0. The number of benzene rings is 2. The van der Waals surface area contributed by atoms with Crippen molar-refractivity contribution in [2.75, 3.05) is 0 Å². The first-order chi connectivity index (χ1) is 16.9. The van der Waals surface area contributed by atoms with E-state index in [2.05, 4.69) is 4.99 Å². The molecule has 192 valence electrons. The van der Waals surface area contributed by atoms with Crippen molar-refractivity contribution < 1.29 is 37.3 Å². The summed E-state index contributed by atoms with van der Waals surface area (Å²) in [4.78, 5) is 29.8. The van der Waals surface area contributed by atoms with Crippen LogP contribution in [0.4, 0.5) is 13.2 Å². The number of para-hydroxylation sites is 1. The Morgan fingerprint density at radius 1 is 1.11 bits per heavy atom. The van der Waals surface area contributed by atoms with Crippen LogP contribution >= 0.6 is 0 Å². The number of esters is 1. The number of aliphatic carboxylic acids is 1. The average Bonchev–Trinajstić information content (AvgIpc) is 2.81. The number of halogens is 3. The molecule has 0 amide bonds. The summed E-state index contributed by atoms with van der Waals surface area (Å²) >= 11 is 0. The van der Waals surface area contributed by atoms with E-state index in [0.29, 0.717) is 29.0 Å². The summed E-state index contributed by atoms with van der Waals surface area (Å²) in [7, 11) is 0. The monoisotopic (exact) mass is 503 g/mol. The zero-order valence-corrected chi connectivity index (χ0v) is 20.4. The van der Waals surface area contributed by atoms with E-state index in [1.165, 1.54) is 12.1 Å². The molecule has 1 aliphatic rings. The number of aliphatic imine (C=N–C) groups is 1. The van der Waals surface area contributed by atoms with E-state index in [0.717, 1.165) is 12.1 Å². The number of nitrogens with zero attached hydrogens (tertiary/aromatic N) is 1. The van der Waals surface area contributed by atoms with Crippen LogP contribution in [-0.2, 0) is 27.1 Å². The lowest BCUT2D eigenvalue weighted by Gasteiger charge is -2.32. The summed E-state index contributed by atoms with van der Waals surface area (Å²) in [5, 5.41) is 10.1. The Morgan fingerprint density at radius 3 is 2.44 bits per heavy atom. The number of rotatable bonds is 8. The van der Waals surface area contributed by atoms with Crippen molar-refractivity contribution in [3.63, 3.8) is 0 Å². The number of hydrogen-bond acceptors (Lipinski definition) is 5. The van der Waals surface area contributed by atoms with Crippen molar-refractivity contribution in [2.45, 2.75) is 58.9 Å². The van der Waals surface area contributed by atoms with Gasteiger partial charge >= 0.3 is 18.1 Å². The molecule has 0 spiro atoms. The Labute approximate surface area is 207 Å². The van der Waals surface area contributed by atoms with Gasteiger partial charge in [-0.3, -0.25) is 9.79 Å². The highest BCUT2D eigenvalue weighted by molar-refractivity contribution is 6.06. The lowest BCUT2D eigenvalue weighted by Crippen LogP contribution is -2.36. The number of allylic oxidation sites excluding steroid dienone is 1. The highest BCUT2D eigenvalue weighted by Gasteiger charge is 2.43. The van der Waals surface area contributed by atoms with Gasteiger partial charge in [0.25, 0.3) is 0 Å². The Bertz CT molecular complexity index is 1200. The number of carboxylic acids is 1. The SMILES string of the molecule is CCC(C)OC(=O)C1=C(C)N=C(C)C(C(=O)O)C1c1ccccc1OCc1cccc(C(F)(F)F)c1. The summed E-state index contributed by atoms with van der Waals surface area (Å²) in [5.74, 6) is -3.71. The first-order valence-corrected chi connectivity index (χ1v) is 11.5. The van der Waals surface area contributed by atoms with Crippen LogP contribution in [0.3, 0.4) is 0 Å². The zero-order chi connectivity index (χ0) is 26.6. The van der Waals surface area contributed by atoms with Crippen molar-refractivity contribution in [1.82, 2.24) is 0 Å². The van der Waals surface area contributed by atoms with E-state index in [1.54, 1.807) is 45.0 Å². The van der Waals surface area contributed by atoms with Crippen LogP contribution in [0.1, 0.15) is 56.7 Å². The normalized spacial score (nSPS) is 18.9. The van der Waals surface area contributed by atoms with E-state index < -0.39 is 35.5 Å². The Hall–Kier alpha value is -3.62. The van der Waals surface area contributed by atoms with Crippen molar-refractivity contribution >= 4 is 17.7 Å². The molecule has 0 aliphatic carbocycles. The molecule has 1 heterocycles. The third kappa shape index (κ3) is 5.95. The van der Waals surface area contributed by atoms with E-state index in [4.69, 9.17) is 9.47 Å². The second kappa shape index (κ2) is 11.0. The van der Waals surface area contributed by atoms with Crippen molar-refractivity contribution in [3.8, 4) is 5.75 Å². The van der Waals surface area contributed by atoms with Gasteiger partial charge in [0.1, 0.15) is 18.3 Å².